The molecule has 4 heteroatoms. The van der Waals surface area contributed by atoms with Gasteiger partial charge < -0.3 is 10.7 Å². The molecule has 0 atom stereocenters. The van der Waals surface area contributed by atoms with Crippen molar-refractivity contribution in [3.63, 3.8) is 0 Å². The molecule has 0 saturated heterocycles. The zero-order valence-electron chi connectivity index (χ0n) is 12.6. The zero-order valence-corrected chi connectivity index (χ0v) is 13.6. The Morgan fingerprint density at radius 2 is 0.957 bits per heavy atom. The maximum Gasteiger partial charge on any atom is 0.305 e. The number of primary amides is 1. The number of nitrogens with two attached hydrogens (primary N) is 1. The summed E-state index contributed by atoms with van der Waals surface area (Å²) in [5.74, 6) is 0. The highest BCUT2D eigenvalue weighted by Gasteiger charge is 2.41. The number of hydrogen-bond donors (Lipinski definition) is 2. The van der Waals surface area contributed by atoms with Gasteiger partial charge in [-0.05, 0) is 15.6 Å². The van der Waals surface area contributed by atoms with E-state index in [-0.39, 0.29) is 0 Å². The van der Waals surface area contributed by atoms with Crippen molar-refractivity contribution in [3.05, 3.63) is 91.0 Å². The van der Waals surface area contributed by atoms with Gasteiger partial charge in [0.1, 0.15) is 0 Å². The number of rotatable bonds is 4. The largest absolute Gasteiger partial charge is 0.352 e. The highest BCUT2D eigenvalue weighted by atomic mass is 28.3. The Balaban J connectivity index is 2.32. The van der Waals surface area contributed by atoms with Crippen molar-refractivity contribution in [2.45, 2.75) is 0 Å². The molecular formula is C19H18N2OSi. The van der Waals surface area contributed by atoms with Crippen LogP contribution >= 0.6 is 0 Å². The minimum Gasteiger partial charge on any atom is -0.352 e. The molecule has 0 radical (unpaired) electrons. The summed E-state index contributed by atoms with van der Waals surface area (Å²) in [4.78, 5) is 15.0. The monoisotopic (exact) mass is 318 g/mol. The second kappa shape index (κ2) is 6.50. The van der Waals surface area contributed by atoms with Gasteiger partial charge in [-0.3, -0.25) is 4.79 Å². The Morgan fingerprint density at radius 3 is 1.22 bits per heavy atom. The lowest BCUT2D eigenvalue weighted by molar-refractivity contribution is 0.253. The number of carbonyl (C=O) groups is 1. The van der Waals surface area contributed by atoms with E-state index in [9.17, 15) is 4.79 Å². The summed E-state index contributed by atoms with van der Waals surface area (Å²) in [5.41, 5.74) is 5.58. The lowest BCUT2D eigenvalue weighted by Gasteiger charge is -2.33. The van der Waals surface area contributed by atoms with Crippen LogP contribution in [0.25, 0.3) is 0 Å². The lowest BCUT2D eigenvalue weighted by atomic mass is 10.3. The summed E-state index contributed by atoms with van der Waals surface area (Å²) in [6, 6.07) is 29.7. The standard InChI is InChI=1S/C19H18N2OSi/c20-19(22)21-23(16-10-4-1-5-11-16,17-12-6-2-7-13-17)18-14-8-3-9-15-18/h1-15H,(H3,20,21,22). The molecule has 2 amide bonds. The molecule has 0 unspecified atom stereocenters. The SMILES string of the molecule is NC(=O)N[Si](c1ccccc1)(c1ccccc1)c1ccccc1. The molecule has 3 N–H and O–H groups in total. The fourth-order valence-electron chi connectivity index (χ4n) is 2.97. The second-order valence-electron chi connectivity index (χ2n) is 5.34. The molecule has 0 aliphatic rings. The van der Waals surface area contributed by atoms with Gasteiger partial charge in [0.25, 0.3) is 8.24 Å². The van der Waals surface area contributed by atoms with Crippen molar-refractivity contribution in [1.82, 2.24) is 4.98 Å². The Labute approximate surface area is 136 Å². The minimum absolute atomic E-state index is 0.506. The molecule has 3 nitrogen and oxygen atoms in total. The molecule has 0 heterocycles. The third kappa shape index (κ3) is 2.89. The smallest absolute Gasteiger partial charge is 0.305 e. The molecule has 23 heavy (non-hydrogen) atoms. The third-order valence-electron chi connectivity index (χ3n) is 3.93. The van der Waals surface area contributed by atoms with Gasteiger partial charge in [-0.25, -0.2) is 0 Å². The Bertz CT molecular complexity index is 680. The van der Waals surface area contributed by atoms with Crippen molar-refractivity contribution in [3.8, 4) is 0 Å². The molecule has 0 fully saturated rings. The molecular weight excluding hydrogens is 300 g/mol. The van der Waals surface area contributed by atoms with Crippen LogP contribution in [-0.4, -0.2) is 14.3 Å². The first-order chi connectivity index (χ1) is 11.2. The van der Waals surface area contributed by atoms with Crippen LogP contribution in [0.15, 0.2) is 91.0 Å². The highest BCUT2D eigenvalue weighted by Crippen LogP contribution is 2.04. The molecule has 0 spiro atoms. The van der Waals surface area contributed by atoms with E-state index in [1.165, 1.54) is 0 Å². The summed E-state index contributed by atoms with van der Waals surface area (Å²) in [5, 5.41) is 3.28. The first-order valence-corrected chi connectivity index (χ1v) is 9.47. The Morgan fingerprint density at radius 1 is 0.652 bits per heavy atom. The quantitative estimate of drug-likeness (QED) is 0.553. The van der Waals surface area contributed by atoms with Crippen LogP contribution in [0.1, 0.15) is 0 Å². The number of hydrogen-bond acceptors (Lipinski definition) is 1. The maximum absolute atomic E-state index is 11.9. The first kappa shape index (κ1) is 15.1. The van der Waals surface area contributed by atoms with Gasteiger partial charge in [0, 0.05) is 0 Å². The van der Waals surface area contributed by atoms with Gasteiger partial charge in [-0.2, -0.15) is 0 Å². The van der Waals surface area contributed by atoms with E-state index >= 15 is 0 Å². The van der Waals surface area contributed by atoms with Crippen LogP contribution in [0.3, 0.4) is 0 Å². The number of nitrogens with one attached hydrogen (secondary N) is 1. The van der Waals surface area contributed by atoms with Crippen LogP contribution in [0.2, 0.25) is 0 Å². The fourth-order valence-corrected chi connectivity index (χ4v) is 6.85. The van der Waals surface area contributed by atoms with Crippen LogP contribution in [-0.2, 0) is 0 Å². The summed E-state index contributed by atoms with van der Waals surface area (Å²) in [7, 11) is -2.71. The van der Waals surface area contributed by atoms with Gasteiger partial charge in [0.05, 0.1) is 0 Å². The third-order valence-corrected chi connectivity index (χ3v) is 8.15. The van der Waals surface area contributed by atoms with Crippen molar-refractivity contribution in [2.24, 2.45) is 5.73 Å². The molecule has 0 bridgehead atoms. The van der Waals surface area contributed by atoms with Crippen LogP contribution < -0.4 is 26.3 Å². The van der Waals surface area contributed by atoms with Crippen molar-refractivity contribution in [2.75, 3.05) is 0 Å². The molecule has 114 valence electrons. The molecule has 3 aromatic rings. The van der Waals surface area contributed by atoms with E-state index in [1.807, 2.05) is 54.6 Å². The number of urea groups is 1. The van der Waals surface area contributed by atoms with Crippen LogP contribution in [0.4, 0.5) is 4.79 Å². The first-order valence-electron chi connectivity index (χ1n) is 7.47. The molecule has 0 aromatic heterocycles. The summed E-state index contributed by atoms with van der Waals surface area (Å²) < 4.78 is 0. The molecule has 0 saturated carbocycles. The maximum atomic E-state index is 11.9. The number of benzene rings is 3. The molecule has 0 aliphatic heterocycles. The van der Waals surface area contributed by atoms with Crippen LogP contribution in [0, 0.1) is 0 Å². The van der Waals surface area contributed by atoms with Gasteiger partial charge in [-0.1, -0.05) is 91.0 Å². The van der Waals surface area contributed by atoms with E-state index in [0.717, 1.165) is 15.6 Å². The van der Waals surface area contributed by atoms with E-state index in [0.29, 0.717) is 0 Å². The average molecular weight is 318 g/mol. The van der Waals surface area contributed by atoms with Gasteiger partial charge in [0.2, 0.25) is 0 Å². The highest BCUT2D eigenvalue weighted by molar-refractivity contribution is 7.10. The van der Waals surface area contributed by atoms with Gasteiger partial charge in [-0.15, -0.1) is 0 Å². The van der Waals surface area contributed by atoms with E-state index < -0.39 is 14.3 Å². The van der Waals surface area contributed by atoms with E-state index in [1.54, 1.807) is 0 Å². The minimum atomic E-state index is -2.71. The van der Waals surface area contributed by atoms with Crippen LogP contribution in [0.5, 0.6) is 0 Å². The Hall–Kier alpha value is -2.85. The average Bonchev–Trinajstić information content (AvgIpc) is 2.62. The Kier molecular flexibility index (Phi) is 4.26. The topological polar surface area (TPSA) is 55.1 Å². The predicted octanol–water partition coefficient (Wildman–Crippen LogP) is 1.32. The molecule has 0 aliphatic carbocycles. The van der Waals surface area contributed by atoms with Crippen molar-refractivity contribution < 1.29 is 4.79 Å². The van der Waals surface area contributed by atoms with Crippen molar-refractivity contribution in [1.29, 1.82) is 0 Å². The second-order valence-corrected chi connectivity index (χ2v) is 8.82. The normalized spacial score (nSPS) is 11.0. The fraction of sp³-hybridized carbons (Fsp3) is 0. The lowest BCUT2D eigenvalue weighted by Crippen LogP contribution is -2.78. The zero-order chi connectivity index (χ0) is 16.1. The van der Waals surface area contributed by atoms with E-state index in [4.69, 9.17) is 5.73 Å². The van der Waals surface area contributed by atoms with Gasteiger partial charge in [0.15, 0.2) is 0 Å². The summed E-state index contributed by atoms with van der Waals surface area (Å²) in [6.07, 6.45) is 0. The summed E-state index contributed by atoms with van der Waals surface area (Å²) >= 11 is 0. The van der Waals surface area contributed by atoms with Gasteiger partial charge >= 0.3 is 6.03 Å². The number of amides is 2. The van der Waals surface area contributed by atoms with Crippen molar-refractivity contribution >= 4 is 29.8 Å². The predicted molar refractivity (Wildman–Crippen MR) is 96.7 cm³/mol. The van der Waals surface area contributed by atoms with E-state index in [2.05, 4.69) is 41.4 Å². The molecule has 3 rings (SSSR count). The summed E-state index contributed by atoms with van der Waals surface area (Å²) in [6.45, 7) is 0. The number of carbonyl (C=O) groups excluding carboxylic acids is 1. The molecule has 3 aromatic carbocycles.